The van der Waals surface area contributed by atoms with Gasteiger partial charge in [-0.2, -0.15) is 5.10 Å². The van der Waals surface area contributed by atoms with E-state index in [4.69, 9.17) is 5.73 Å². The van der Waals surface area contributed by atoms with Gasteiger partial charge >= 0.3 is 0 Å². The maximum absolute atomic E-state index is 6.05. The summed E-state index contributed by atoms with van der Waals surface area (Å²) in [5, 5.41) is 4.19. The Kier molecular flexibility index (Phi) is 4.27. The number of halogens is 1. The second-order valence-electron chi connectivity index (χ2n) is 4.87. The molecule has 0 aliphatic carbocycles. The van der Waals surface area contributed by atoms with Gasteiger partial charge in [-0.05, 0) is 30.7 Å². The Morgan fingerprint density at radius 3 is 2.79 bits per heavy atom. The standard InChI is InChI=1S/C14H19BrN4/c1-10(16)13-6-12(15)4-5-14(13)18(2)8-11-7-17-19(3)9-11/h4-7,9-10H,8,16H2,1-3H3. The summed E-state index contributed by atoms with van der Waals surface area (Å²) in [7, 11) is 4.00. The lowest BCUT2D eigenvalue weighted by molar-refractivity contribution is 0.766. The molecule has 102 valence electrons. The molecule has 0 bridgehead atoms. The van der Waals surface area contributed by atoms with Gasteiger partial charge in [0.2, 0.25) is 0 Å². The molecule has 2 aromatic rings. The molecule has 19 heavy (non-hydrogen) atoms. The molecule has 2 rings (SSSR count). The third kappa shape index (κ3) is 3.36. The highest BCUT2D eigenvalue weighted by Gasteiger charge is 2.12. The molecule has 0 aliphatic rings. The van der Waals surface area contributed by atoms with Crippen LogP contribution in [0.4, 0.5) is 5.69 Å². The second-order valence-corrected chi connectivity index (χ2v) is 5.79. The zero-order valence-electron chi connectivity index (χ0n) is 11.5. The zero-order chi connectivity index (χ0) is 14.0. The maximum Gasteiger partial charge on any atom is 0.0539 e. The lowest BCUT2D eigenvalue weighted by atomic mass is 10.1. The van der Waals surface area contributed by atoms with Gasteiger partial charge in [0, 0.05) is 48.6 Å². The molecule has 1 unspecified atom stereocenters. The predicted octanol–water partition coefficient (Wildman–Crippen LogP) is 2.84. The van der Waals surface area contributed by atoms with Crippen molar-refractivity contribution in [1.82, 2.24) is 9.78 Å². The molecule has 4 nitrogen and oxygen atoms in total. The van der Waals surface area contributed by atoms with E-state index in [0.29, 0.717) is 0 Å². The summed E-state index contributed by atoms with van der Waals surface area (Å²) in [6, 6.07) is 6.23. The van der Waals surface area contributed by atoms with Gasteiger partial charge < -0.3 is 10.6 Å². The first-order chi connectivity index (χ1) is 8.97. The maximum atomic E-state index is 6.05. The van der Waals surface area contributed by atoms with Crippen LogP contribution in [0.15, 0.2) is 35.1 Å². The number of aromatic nitrogens is 2. The number of nitrogens with zero attached hydrogens (tertiary/aromatic N) is 3. The van der Waals surface area contributed by atoms with Gasteiger partial charge in [-0.3, -0.25) is 4.68 Å². The van der Waals surface area contributed by atoms with E-state index in [2.05, 4.69) is 45.1 Å². The van der Waals surface area contributed by atoms with E-state index in [1.54, 1.807) is 0 Å². The minimum absolute atomic E-state index is 0.00356. The topological polar surface area (TPSA) is 47.1 Å². The van der Waals surface area contributed by atoms with E-state index < -0.39 is 0 Å². The SMILES string of the molecule is CC(N)c1cc(Br)ccc1N(C)Cc1cnn(C)c1. The number of benzene rings is 1. The molecular formula is C14H19BrN4. The molecule has 1 aromatic carbocycles. The van der Waals surface area contributed by atoms with Gasteiger partial charge in [0.15, 0.2) is 0 Å². The smallest absolute Gasteiger partial charge is 0.0539 e. The van der Waals surface area contributed by atoms with Crippen molar-refractivity contribution < 1.29 is 0 Å². The Bertz CT molecular complexity index is 562. The molecule has 0 radical (unpaired) electrons. The summed E-state index contributed by atoms with van der Waals surface area (Å²) in [5.74, 6) is 0. The van der Waals surface area contributed by atoms with Crippen molar-refractivity contribution in [3.05, 3.63) is 46.2 Å². The van der Waals surface area contributed by atoms with E-state index in [-0.39, 0.29) is 6.04 Å². The number of rotatable bonds is 4. The number of hydrogen-bond acceptors (Lipinski definition) is 3. The van der Waals surface area contributed by atoms with Crippen LogP contribution < -0.4 is 10.6 Å². The Morgan fingerprint density at radius 1 is 1.47 bits per heavy atom. The lowest BCUT2D eigenvalue weighted by Gasteiger charge is -2.23. The minimum atomic E-state index is 0.00356. The molecule has 0 saturated carbocycles. The van der Waals surface area contributed by atoms with E-state index in [9.17, 15) is 0 Å². The van der Waals surface area contributed by atoms with Gasteiger partial charge in [-0.25, -0.2) is 0 Å². The van der Waals surface area contributed by atoms with Crippen molar-refractivity contribution in [3.63, 3.8) is 0 Å². The second kappa shape index (κ2) is 5.75. The van der Waals surface area contributed by atoms with Gasteiger partial charge in [0.25, 0.3) is 0 Å². The summed E-state index contributed by atoms with van der Waals surface area (Å²) in [6.07, 6.45) is 3.92. The molecular weight excluding hydrogens is 304 g/mol. The molecule has 0 amide bonds. The van der Waals surface area contributed by atoms with E-state index >= 15 is 0 Å². The number of anilines is 1. The van der Waals surface area contributed by atoms with Gasteiger partial charge in [-0.15, -0.1) is 0 Å². The fourth-order valence-electron chi connectivity index (χ4n) is 2.15. The van der Waals surface area contributed by atoms with Crippen molar-refractivity contribution in [1.29, 1.82) is 0 Å². The van der Waals surface area contributed by atoms with Crippen LogP contribution in [0.5, 0.6) is 0 Å². The average Bonchev–Trinajstić information content (AvgIpc) is 2.74. The van der Waals surface area contributed by atoms with E-state index in [0.717, 1.165) is 22.3 Å². The van der Waals surface area contributed by atoms with Crippen LogP contribution >= 0.6 is 15.9 Å². The molecule has 1 aromatic heterocycles. The lowest BCUT2D eigenvalue weighted by Crippen LogP contribution is -2.20. The van der Waals surface area contributed by atoms with Crippen LogP contribution in [0, 0.1) is 0 Å². The van der Waals surface area contributed by atoms with Crippen molar-refractivity contribution in [3.8, 4) is 0 Å². The van der Waals surface area contributed by atoms with Crippen molar-refractivity contribution in [2.45, 2.75) is 19.5 Å². The Balaban J connectivity index is 2.25. The summed E-state index contributed by atoms with van der Waals surface area (Å²) in [5.41, 5.74) is 9.53. The number of hydrogen-bond donors (Lipinski definition) is 1. The third-order valence-electron chi connectivity index (χ3n) is 3.07. The Morgan fingerprint density at radius 2 is 2.21 bits per heavy atom. The van der Waals surface area contributed by atoms with Crippen molar-refractivity contribution in [2.75, 3.05) is 11.9 Å². The van der Waals surface area contributed by atoms with Crippen molar-refractivity contribution in [2.24, 2.45) is 12.8 Å². The van der Waals surface area contributed by atoms with Crippen LogP contribution in [-0.2, 0) is 13.6 Å². The molecule has 5 heteroatoms. The summed E-state index contributed by atoms with van der Waals surface area (Å²) >= 11 is 3.50. The van der Waals surface area contributed by atoms with Crippen LogP contribution in [-0.4, -0.2) is 16.8 Å². The zero-order valence-corrected chi connectivity index (χ0v) is 13.1. The highest BCUT2D eigenvalue weighted by atomic mass is 79.9. The normalized spacial score (nSPS) is 12.5. The predicted molar refractivity (Wildman–Crippen MR) is 82.1 cm³/mol. The quantitative estimate of drug-likeness (QED) is 0.941. The molecule has 1 heterocycles. The fraction of sp³-hybridized carbons (Fsp3) is 0.357. The molecule has 0 spiro atoms. The summed E-state index contributed by atoms with van der Waals surface area (Å²) in [6.45, 7) is 2.82. The molecule has 1 atom stereocenters. The number of aryl methyl sites for hydroxylation is 1. The monoisotopic (exact) mass is 322 g/mol. The molecule has 2 N–H and O–H groups in total. The Hall–Kier alpha value is -1.33. The van der Waals surface area contributed by atoms with Crippen LogP contribution in [0.1, 0.15) is 24.1 Å². The first-order valence-electron chi connectivity index (χ1n) is 6.21. The first-order valence-corrected chi connectivity index (χ1v) is 7.00. The van der Waals surface area contributed by atoms with Gasteiger partial charge in [-0.1, -0.05) is 15.9 Å². The van der Waals surface area contributed by atoms with Crippen LogP contribution in [0.3, 0.4) is 0 Å². The summed E-state index contributed by atoms with van der Waals surface area (Å²) in [4.78, 5) is 2.20. The summed E-state index contributed by atoms with van der Waals surface area (Å²) < 4.78 is 2.87. The van der Waals surface area contributed by atoms with Gasteiger partial charge in [0.05, 0.1) is 6.20 Å². The fourth-order valence-corrected chi connectivity index (χ4v) is 2.53. The third-order valence-corrected chi connectivity index (χ3v) is 3.56. The van der Waals surface area contributed by atoms with E-state index in [1.807, 2.05) is 37.1 Å². The Labute approximate surface area is 122 Å². The minimum Gasteiger partial charge on any atom is -0.370 e. The number of nitrogens with two attached hydrogens (primary N) is 1. The molecule has 0 aliphatic heterocycles. The van der Waals surface area contributed by atoms with Gasteiger partial charge in [0.1, 0.15) is 0 Å². The highest BCUT2D eigenvalue weighted by molar-refractivity contribution is 9.10. The van der Waals surface area contributed by atoms with E-state index in [1.165, 1.54) is 5.56 Å². The van der Waals surface area contributed by atoms with Crippen LogP contribution in [0.25, 0.3) is 0 Å². The largest absolute Gasteiger partial charge is 0.370 e. The highest BCUT2D eigenvalue weighted by Crippen LogP contribution is 2.28. The molecule has 0 fully saturated rings. The molecule has 0 saturated heterocycles. The first kappa shape index (κ1) is 14.1. The average molecular weight is 323 g/mol. The van der Waals surface area contributed by atoms with Crippen LogP contribution in [0.2, 0.25) is 0 Å². The van der Waals surface area contributed by atoms with Crippen molar-refractivity contribution >= 4 is 21.6 Å².